The molecule has 9 heteroatoms. The van der Waals surface area contributed by atoms with Crippen LogP contribution in [0.2, 0.25) is 0 Å². The molecule has 3 heterocycles. The average Bonchev–Trinajstić information content (AvgIpc) is 2.72. The summed E-state index contributed by atoms with van der Waals surface area (Å²) < 4.78 is 27.3. The zero-order valence-electron chi connectivity index (χ0n) is 13.1. The minimum atomic E-state index is -3.24. The second-order valence-corrected chi connectivity index (χ2v) is 8.72. The number of hydrogen-bond donors (Lipinski definition) is 3. The maximum absolute atomic E-state index is 12.8. The molecule has 0 aromatic rings. The van der Waals surface area contributed by atoms with Crippen molar-refractivity contribution in [3.05, 3.63) is 0 Å². The van der Waals surface area contributed by atoms with Crippen molar-refractivity contribution in [1.29, 1.82) is 0 Å². The van der Waals surface area contributed by atoms with Crippen molar-refractivity contribution in [3.63, 3.8) is 0 Å². The van der Waals surface area contributed by atoms with Crippen molar-refractivity contribution < 1.29 is 18.3 Å². The summed E-state index contributed by atoms with van der Waals surface area (Å²) in [4.78, 5) is 10.8. The SMILES string of the molecule is Cl.O=C(O)N[C@@H]1C[C@H]2CC[C@@H](C1)N2S(=O)(=O)CC1CCNCC1. The number of amides is 1. The summed E-state index contributed by atoms with van der Waals surface area (Å²) in [6.07, 6.45) is 3.75. The molecule has 0 aromatic carbocycles. The number of piperidine rings is 2. The quantitative estimate of drug-likeness (QED) is 0.688. The van der Waals surface area contributed by atoms with E-state index in [9.17, 15) is 13.2 Å². The number of hydrogen-bond acceptors (Lipinski definition) is 4. The molecule has 134 valence electrons. The smallest absolute Gasteiger partial charge is 0.404 e. The number of fused-ring (bicyclic) bond motifs is 2. The minimum absolute atomic E-state index is 0. The van der Waals surface area contributed by atoms with Gasteiger partial charge in [0.05, 0.1) is 5.75 Å². The van der Waals surface area contributed by atoms with Gasteiger partial charge in [0.25, 0.3) is 0 Å². The van der Waals surface area contributed by atoms with Gasteiger partial charge in [-0.05, 0) is 57.5 Å². The van der Waals surface area contributed by atoms with Gasteiger partial charge in [-0.3, -0.25) is 0 Å². The Morgan fingerprint density at radius 2 is 1.70 bits per heavy atom. The first-order chi connectivity index (χ1) is 10.5. The maximum Gasteiger partial charge on any atom is 0.404 e. The molecule has 2 bridgehead atoms. The van der Waals surface area contributed by atoms with Crippen molar-refractivity contribution >= 4 is 28.5 Å². The number of rotatable bonds is 4. The molecule has 7 nitrogen and oxygen atoms in total. The van der Waals surface area contributed by atoms with Crippen LogP contribution in [0.15, 0.2) is 0 Å². The van der Waals surface area contributed by atoms with Crippen LogP contribution in [-0.2, 0) is 10.0 Å². The molecule has 0 saturated carbocycles. The van der Waals surface area contributed by atoms with Crippen LogP contribution < -0.4 is 10.6 Å². The number of nitrogens with one attached hydrogen (secondary N) is 2. The Morgan fingerprint density at radius 3 is 2.22 bits per heavy atom. The van der Waals surface area contributed by atoms with Crippen LogP contribution in [0.1, 0.15) is 38.5 Å². The lowest BCUT2D eigenvalue weighted by Gasteiger charge is -2.38. The number of carboxylic acid groups (broad SMARTS) is 1. The summed E-state index contributed by atoms with van der Waals surface area (Å²) in [7, 11) is -3.24. The van der Waals surface area contributed by atoms with E-state index in [1.54, 1.807) is 4.31 Å². The van der Waals surface area contributed by atoms with Crippen molar-refractivity contribution in [2.45, 2.75) is 56.7 Å². The molecule has 3 aliphatic heterocycles. The Bertz CT molecular complexity index is 510. The maximum atomic E-state index is 12.8. The van der Waals surface area contributed by atoms with Gasteiger partial charge in [0.1, 0.15) is 0 Å². The minimum Gasteiger partial charge on any atom is -0.465 e. The Hall–Kier alpha value is -0.570. The first-order valence-corrected chi connectivity index (χ1v) is 9.78. The molecule has 3 fully saturated rings. The van der Waals surface area contributed by atoms with E-state index in [4.69, 9.17) is 5.11 Å². The normalized spacial score (nSPS) is 32.3. The third-order valence-corrected chi connectivity index (χ3v) is 7.35. The van der Waals surface area contributed by atoms with E-state index in [1.807, 2.05) is 0 Å². The molecular weight excluding hydrogens is 342 g/mol. The van der Waals surface area contributed by atoms with Crippen LogP contribution in [0, 0.1) is 5.92 Å². The first-order valence-electron chi connectivity index (χ1n) is 8.17. The molecule has 3 rings (SSSR count). The van der Waals surface area contributed by atoms with E-state index < -0.39 is 16.1 Å². The second kappa shape index (κ2) is 7.55. The molecule has 1 amide bonds. The number of carbonyl (C=O) groups is 1. The summed E-state index contributed by atoms with van der Waals surface area (Å²) in [6.45, 7) is 1.80. The van der Waals surface area contributed by atoms with Gasteiger partial charge in [0.2, 0.25) is 10.0 Å². The van der Waals surface area contributed by atoms with Crippen LogP contribution in [0.25, 0.3) is 0 Å². The van der Waals surface area contributed by atoms with Gasteiger partial charge < -0.3 is 15.7 Å². The zero-order chi connectivity index (χ0) is 15.7. The second-order valence-electron chi connectivity index (χ2n) is 6.80. The van der Waals surface area contributed by atoms with E-state index in [-0.39, 0.29) is 42.2 Å². The Morgan fingerprint density at radius 1 is 1.13 bits per heavy atom. The fourth-order valence-electron chi connectivity index (χ4n) is 4.31. The molecule has 3 N–H and O–H groups in total. The van der Waals surface area contributed by atoms with Gasteiger partial charge in [-0.1, -0.05) is 0 Å². The molecule has 0 aliphatic carbocycles. The lowest BCUT2D eigenvalue weighted by molar-refractivity contribution is 0.169. The van der Waals surface area contributed by atoms with E-state index in [0.717, 1.165) is 38.8 Å². The van der Waals surface area contributed by atoms with Crippen LogP contribution in [0.5, 0.6) is 0 Å². The molecule has 0 unspecified atom stereocenters. The summed E-state index contributed by atoms with van der Waals surface area (Å²) in [6, 6.07) is -0.162. The summed E-state index contributed by atoms with van der Waals surface area (Å²) in [5, 5.41) is 14.6. The van der Waals surface area contributed by atoms with Crippen molar-refractivity contribution in [2.75, 3.05) is 18.8 Å². The van der Waals surface area contributed by atoms with Crippen molar-refractivity contribution in [2.24, 2.45) is 5.92 Å². The largest absolute Gasteiger partial charge is 0.465 e. The predicted molar refractivity (Wildman–Crippen MR) is 89.5 cm³/mol. The third kappa shape index (κ3) is 4.29. The highest BCUT2D eigenvalue weighted by molar-refractivity contribution is 7.89. The fourth-order valence-corrected chi connectivity index (χ4v) is 6.71. The van der Waals surface area contributed by atoms with Gasteiger partial charge in [-0.2, -0.15) is 4.31 Å². The standard InChI is InChI=1S/C14H25N3O4S.ClH/c18-14(19)16-11-7-12-1-2-13(8-11)17(12)22(20,21)9-10-3-5-15-6-4-10;/h10-13,15-16H,1-9H2,(H,18,19);1H/t11-,12-,13+;. The molecule has 3 aliphatic rings. The Kier molecular flexibility index (Phi) is 6.16. The van der Waals surface area contributed by atoms with Crippen LogP contribution >= 0.6 is 12.4 Å². The van der Waals surface area contributed by atoms with Crippen molar-refractivity contribution in [3.8, 4) is 0 Å². The zero-order valence-corrected chi connectivity index (χ0v) is 14.7. The molecule has 0 aromatic heterocycles. The summed E-state index contributed by atoms with van der Waals surface area (Å²) in [5.41, 5.74) is 0. The molecule has 3 atom stereocenters. The number of nitrogens with zero attached hydrogens (tertiary/aromatic N) is 1. The average molecular weight is 368 g/mol. The van der Waals surface area contributed by atoms with E-state index in [1.165, 1.54) is 0 Å². The molecular formula is C14H26ClN3O4S. The summed E-state index contributed by atoms with van der Waals surface area (Å²) in [5.74, 6) is 0.499. The van der Waals surface area contributed by atoms with E-state index in [0.29, 0.717) is 12.8 Å². The van der Waals surface area contributed by atoms with Crippen LogP contribution in [0.3, 0.4) is 0 Å². The van der Waals surface area contributed by atoms with Gasteiger partial charge in [0, 0.05) is 18.1 Å². The third-order valence-electron chi connectivity index (χ3n) is 5.22. The van der Waals surface area contributed by atoms with Gasteiger partial charge in [-0.15, -0.1) is 12.4 Å². The first kappa shape index (κ1) is 18.8. The summed E-state index contributed by atoms with van der Waals surface area (Å²) >= 11 is 0. The number of halogens is 1. The predicted octanol–water partition coefficient (Wildman–Crippen LogP) is 1.00. The molecule has 0 radical (unpaired) electrons. The van der Waals surface area contributed by atoms with Gasteiger partial charge in [0.15, 0.2) is 0 Å². The van der Waals surface area contributed by atoms with Crippen molar-refractivity contribution in [1.82, 2.24) is 14.9 Å². The Balaban J connectivity index is 0.00000192. The fraction of sp³-hybridized carbons (Fsp3) is 0.929. The monoisotopic (exact) mass is 367 g/mol. The lowest BCUT2D eigenvalue weighted by Crippen LogP contribution is -2.53. The topological polar surface area (TPSA) is 98.7 Å². The van der Waals surface area contributed by atoms with E-state index >= 15 is 0 Å². The molecule has 3 saturated heterocycles. The molecule has 23 heavy (non-hydrogen) atoms. The highest BCUT2D eigenvalue weighted by atomic mass is 35.5. The lowest BCUT2D eigenvalue weighted by atomic mass is 10.00. The highest BCUT2D eigenvalue weighted by Crippen LogP contribution is 2.38. The molecule has 0 spiro atoms. The number of sulfonamides is 1. The van der Waals surface area contributed by atoms with E-state index in [2.05, 4.69) is 10.6 Å². The Labute approximate surface area is 143 Å². The van der Waals surface area contributed by atoms with Crippen LogP contribution in [0.4, 0.5) is 4.79 Å². The van der Waals surface area contributed by atoms with Gasteiger partial charge in [-0.25, -0.2) is 13.2 Å². The van der Waals surface area contributed by atoms with Gasteiger partial charge >= 0.3 is 6.09 Å². The highest BCUT2D eigenvalue weighted by Gasteiger charge is 2.47. The van der Waals surface area contributed by atoms with Crippen LogP contribution in [-0.4, -0.2) is 60.9 Å².